The van der Waals surface area contributed by atoms with Gasteiger partial charge in [0.25, 0.3) is 0 Å². The van der Waals surface area contributed by atoms with Crippen LogP contribution in [-0.4, -0.2) is 17.4 Å². The second-order valence-corrected chi connectivity index (χ2v) is 7.30. The van der Waals surface area contributed by atoms with Crippen LogP contribution in [0.25, 0.3) is 0 Å². The van der Waals surface area contributed by atoms with E-state index in [4.69, 9.17) is 4.74 Å². The molecule has 106 valence electrons. The summed E-state index contributed by atoms with van der Waals surface area (Å²) in [5.74, 6) is -0.453. The van der Waals surface area contributed by atoms with E-state index in [1.165, 1.54) is 6.92 Å². The summed E-state index contributed by atoms with van der Waals surface area (Å²) in [6, 6.07) is 3.83. The predicted octanol–water partition coefficient (Wildman–Crippen LogP) is 3.13. The Morgan fingerprint density at radius 2 is 2.15 bits per heavy atom. The summed E-state index contributed by atoms with van der Waals surface area (Å²) in [6.07, 6.45) is 0.596. The largest absolute Gasteiger partial charge is 0.467 e. The quantitative estimate of drug-likeness (QED) is 0.734. The normalized spacial score (nSPS) is 31.1. The molecule has 1 saturated heterocycles. The lowest BCUT2D eigenvalue weighted by molar-refractivity contribution is -0.145. The second-order valence-electron chi connectivity index (χ2n) is 5.53. The molecule has 1 N–H and O–H groups in total. The van der Waals surface area contributed by atoms with Crippen molar-refractivity contribution in [3.8, 4) is 5.75 Å². The van der Waals surface area contributed by atoms with E-state index < -0.39 is 11.6 Å². The van der Waals surface area contributed by atoms with E-state index >= 15 is 0 Å². The highest BCUT2D eigenvalue weighted by Crippen LogP contribution is 2.50. The number of Topliss-reactive ketones (excluding diaryl/α,β-unsaturated/α-hetero) is 1. The smallest absolute Gasteiger partial charge is 0.234 e. The highest BCUT2D eigenvalue weighted by Gasteiger charge is 2.51. The summed E-state index contributed by atoms with van der Waals surface area (Å²) in [6.45, 7) is 3.31. The molecule has 2 bridgehead atoms. The number of carbonyl (C=O) groups excluding carboxylic acids is 2. The first-order valence-electron chi connectivity index (χ1n) is 6.31. The molecule has 0 spiro atoms. The highest BCUT2D eigenvalue weighted by atomic mass is 79.9. The number of hydrogen-bond donors (Lipinski definition) is 1. The van der Waals surface area contributed by atoms with Gasteiger partial charge in [-0.05, 0) is 41.9 Å². The molecule has 0 aliphatic carbocycles. The number of hydrogen-bond acceptors (Lipinski definition) is 3. The molecule has 2 aliphatic rings. The molecule has 1 aromatic carbocycles. The van der Waals surface area contributed by atoms with Crippen molar-refractivity contribution >= 4 is 43.6 Å². The number of ether oxygens (including phenoxy) is 1. The van der Waals surface area contributed by atoms with Crippen LogP contribution in [0.4, 0.5) is 0 Å². The van der Waals surface area contributed by atoms with Gasteiger partial charge in [-0.2, -0.15) is 0 Å². The zero-order valence-corrected chi connectivity index (χ0v) is 14.2. The average Bonchev–Trinajstić information content (AvgIpc) is 2.29. The van der Waals surface area contributed by atoms with E-state index in [0.29, 0.717) is 12.2 Å². The van der Waals surface area contributed by atoms with Crippen molar-refractivity contribution in [1.29, 1.82) is 0 Å². The summed E-state index contributed by atoms with van der Waals surface area (Å²) in [7, 11) is 0. The molecule has 20 heavy (non-hydrogen) atoms. The van der Waals surface area contributed by atoms with Crippen LogP contribution in [0, 0.1) is 5.92 Å². The number of piperidine rings is 1. The fourth-order valence-corrected chi connectivity index (χ4v) is 4.46. The molecule has 3 atom stereocenters. The topological polar surface area (TPSA) is 55.4 Å². The molecular formula is C14H13Br2NO3. The van der Waals surface area contributed by atoms with E-state index in [1.807, 2.05) is 19.1 Å². The Balaban J connectivity index is 2.20. The summed E-state index contributed by atoms with van der Waals surface area (Å²) in [5, 5.41) is 2.82. The summed E-state index contributed by atoms with van der Waals surface area (Å²) < 4.78 is 7.67. The summed E-state index contributed by atoms with van der Waals surface area (Å²) >= 11 is 6.93. The minimum Gasteiger partial charge on any atom is -0.467 e. The van der Waals surface area contributed by atoms with Gasteiger partial charge >= 0.3 is 0 Å². The molecule has 0 saturated carbocycles. The van der Waals surface area contributed by atoms with Crippen LogP contribution in [0.15, 0.2) is 21.1 Å². The van der Waals surface area contributed by atoms with E-state index in [0.717, 1.165) is 14.5 Å². The molecule has 6 heteroatoms. The Kier molecular flexibility index (Phi) is 3.21. The van der Waals surface area contributed by atoms with Gasteiger partial charge in [0.1, 0.15) is 17.5 Å². The minimum absolute atomic E-state index is 0.113. The van der Waals surface area contributed by atoms with Crippen molar-refractivity contribution in [2.75, 3.05) is 0 Å². The zero-order valence-electron chi connectivity index (χ0n) is 11.0. The molecule has 2 aliphatic heterocycles. The molecule has 1 unspecified atom stereocenters. The third-order valence-electron chi connectivity index (χ3n) is 3.88. The Bertz CT molecular complexity index is 631. The first-order valence-corrected chi connectivity index (χ1v) is 7.90. The molecule has 1 amide bonds. The lowest BCUT2D eigenvalue weighted by Gasteiger charge is -2.47. The monoisotopic (exact) mass is 401 g/mol. The standard InChI is InChI=1S/C14H13Br2NO3/c1-6(18)11-9-5-14(2,17-13(11)19)20-12-8(9)3-7(15)4-10(12)16/h3-4,9,11H,5H2,1-2H3,(H,17,19)/t9-,11?,14-/m1/s1. The third kappa shape index (κ3) is 2.09. The molecule has 0 aromatic heterocycles. The predicted molar refractivity (Wildman–Crippen MR) is 80.5 cm³/mol. The van der Waals surface area contributed by atoms with Crippen molar-refractivity contribution in [1.82, 2.24) is 5.32 Å². The van der Waals surface area contributed by atoms with Gasteiger partial charge in [-0.25, -0.2) is 0 Å². The second kappa shape index (κ2) is 4.56. The van der Waals surface area contributed by atoms with E-state index in [9.17, 15) is 9.59 Å². The van der Waals surface area contributed by atoms with E-state index in [2.05, 4.69) is 37.2 Å². The molecule has 3 rings (SSSR count). The number of benzene rings is 1. The van der Waals surface area contributed by atoms with Gasteiger partial charge in [-0.15, -0.1) is 0 Å². The number of ketones is 1. The number of carbonyl (C=O) groups is 2. The summed E-state index contributed by atoms with van der Waals surface area (Å²) in [4.78, 5) is 24.1. The summed E-state index contributed by atoms with van der Waals surface area (Å²) in [5.41, 5.74) is 0.149. The van der Waals surface area contributed by atoms with Crippen molar-refractivity contribution in [2.24, 2.45) is 5.92 Å². The Morgan fingerprint density at radius 1 is 1.45 bits per heavy atom. The molecular weight excluding hydrogens is 390 g/mol. The molecule has 4 nitrogen and oxygen atoms in total. The van der Waals surface area contributed by atoms with Gasteiger partial charge in [0, 0.05) is 22.4 Å². The zero-order chi connectivity index (χ0) is 14.7. The van der Waals surface area contributed by atoms with Crippen LogP contribution in [0.2, 0.25) is 0 Å². The first-order chi connectivity index (χ1) is 9.31. The fraction of sp³-hybridized carbons (Fsp3) is 0.429. The molecule has 1 fully saturated rings. The Morgan fingerprint density at radius 3 is 2.80 bits per heavy atom. The highest BCUT2D eigenvalue weighted by molar-refractivity contribution is 9.11. The van der Waals surface area contributed by atoms with Gasteiger partial charge in [-0.3, -0.25) is 9.59 Å². The maximum Gasteiger partial charge on any atom is 0.234 e. The maximum atomic E-state index is 12.2. The number of amides is 1. The van der Waals surface area contributed by atoms with Crippen LogP contribution >= 0.6 is 31.9 Å². The minimum atomic E-state index is -0.753. The maximum absolute atomic E-state index is 12.2. The van der Waals surface area contributed by atoms with Crippen LogP contribution in [0.1, 0.15) is 31.7 Å². The first kappa shape index (κ1) is 14.1. The van der Waals surface area contributed by atoms with Crippen molar-refractivity contribution in [3.05, 3.63) is 26.6 Å². The van der Waals surface area contributed by atoms with Crippen LogP contribution in [0.3, 0.4) is 0 Å². The third-order valence-corrected chi connectivity index (χ3v) is 4.93. The van der Waals surface area contributed by atoms with Gasteiger partial charge in [-0.1, -0.05) is 15.9 Å². The van der Waals surface area contributed by atoms with Crippen LogP contribution in [0.5, 0.6) is 5.75 Å². The van der Waals surface area contributed by atoms with Gasteiger partial charge in [0.15, 0.2) is 5.72 Å². The number of nitrogens with one attached hydrogen (secondary N) is 1. The molecule has 1 aromatic rings. The van der Waals surface area contributed by atoms with E-state index in [-0.39, 0.29) is 17.6 Å². The van der Waals surface area contributed by atoms with Gasteiger partial charge < -0.3 is 10.1 Å². The van der Waals surface area contributed by atoms with Crippen molar-refractivity contribution < 1.29 is 14.3 Å². The lowest BCUT2D eigenvalue weighted by Crippen LogP contribution is -2.61. The molecule has 0 radical (unpaired) electrons. The number of rotatable bonds is 1. The number of halogens is 2. The van der Waals surface area contributed by atoms with Gasteiger partial charge in [0.05, 0.1) is 4.47 Å². The molecule has 2 heterocycles. The average molecular weight is 403 g/mol. The Labute approximate surface area is 133 Å². The SMILES string of the molecule is CC(=O)C1C(=O)N[C@@]2(C)C[C@@H]1c1cc(Br)cc(Br)c1O2. The van der Waals surface area contributed by atoms with Crippen molar-refractivity contribution in [2.45, 2.75) is 31.9 Å². The number of fused-ring (bicyclic) bond motifs is 4. The van der Waals surface area contributed by atoms with Crippen LogP contribution < -0.4 is 10.1 Å². The Hall–Kier alpha value is -0.880. The van der Waals surface area contributed by atoms with Crippen molar-refractivity contribution in [3.63, 3.8) is 0 Å². The van der Waals surface area contributed by atoms with Crippen LogP contribution in [-0.2, 0) is 9.59 Å². The van der Waals surface area contributed by atoms with Gasteiger partial charge in [0.2, 0.25) is 5.91 Å². The van der Waals surface area contributed by atoms with E-state index in [1.54, 1.807) is 0 Å². The lowest BCUT2D eigenvalue weighted by atomic mass is 9.73. The fourth-order valence-electron chi connectivity index (χ4n) is 3.12.